The first-order valence-corrected chi connectivity index (χ1v) is 10.0. The number of primary amides is 2. The van der Waals surface area contributed by atoms with E-state index in [0.29, 0.717) is 13.7 Å². The number of nitrogens with zero attached hydrogens (tertiary/aromatic N) is 2. The van der Waals surface area contributed by atoms with Gasteiger partial charge in [0, 0.05) is 0 Å². The number of rotatable bonds is 8. The molecular weight excluding hydrogens is 390 g/mol. The fourth-order valence-corrected chi connectivity index (χ4v) is 5.15. The number of carbonyl (C=O) groups excluding carboxylic acids is 3. The van der Waals surface area contributed by atoms with Crippen molar-refractivity contribution in [3.05, 3.63) is 17.0 Å². The number of hydrogen-bond acceptors (Lipinski definition) is 9. The number of carbonyl (C=O) groups is 3. The Morgan fingerprint density at radius 3 is 2.67 bits per heavy atom. The molecule has 0 spiro atoms. The molecule has 8 nitrogen and oxygen atoms in total. The molecule has 2 rings (SSSR count). The van der Waals surface area contributed by atoms with E-state index in [1.54, 1.807) is 18.4 Å². The van der Waals surface area contributed by atoms with Gasteiger partial charge < -0.3 is 16.8 Å². The van der Waals surface area contributed by atoms with E-state index in [1.807, 2.05) is 0 Å². The van der Waals surface area contributed by atoms with Crippen LogP contribution in [0, 0.1) is 0 Å². The van der Waals surface area contributed by atoms with Crippen molar-refractivity contribution in [1.29, 1.82) is 0 Å². The molecule has 0 aliphatic rings. The van der Waals surface area contributed by atoms with Crippen LogP contribution in [0.15, 0.2) is 20.1 Å². The zero-order chi connectivity index (χ0) is 17.7. The average molecular weight is 404 g/mol. The fraction of sp³-hybridized carbons (Fsp3) is 0.250. The predicted octanol–water partition coefficient (Wildman–Crippen LogP) is 1.40. The van der Waals surface area contributed by atoms with E-state index in [1.165, 1.54) is 46.2 Å². The minimum Gasteiger partial charge on any atom is -0.369 e. The lowest BCUT2D eigenvalue weighted by Crippen LogP contribution is -2.23. The minimum absolute atomic E-state index is 0.129. The van der Waals surface area contributed by atoms with Gasteiger partial charge in [-0.3, -0.25) is 14.4 Å². The summed E-state index contributed by atoms with van der Waals surface area (Å²) in [6.07, 6.45) is 0. The van der Waals surface area contributed by atoms with Crippen LogP contribution in [0.25, 0.3) is 0 Å². The van der Waals surface area contributed by atoms with Gasteiger partial charge in [0.1, 0.15) is 5.00 Å². The largest absolute Gasteiger partial charge is 0.369 e. The zero-order valence-electron chi connectivity index (χ0n) is 12.3. The maximum atomic E-state index is 12.2. The van der Waals surface area contributed by atoms with Crippen LogP contribution in [0.2, 0.25) is 0 Å². The number of amides is 3. The van der Waals surface area contributed by atoms with Crippen LogP contribution in [0.1, 0.15) is 17.3 Å². The Labute approximate surface area is 153 Å². The van der Waals surface area contributed by atoms with Gasteiger partial charge in [0.05, 0.1) is 16.6 Å². The summed E-state index contributed by atoms with van der Waals surface area (Å²) in [7, 11) is 0. The molecule has 0 radical (unpaired) electrons. The third-order valence-electron chi connectivity index (χ3n) is 2.54. The second kappa shape index (κ2) is 8.46. The highest BCUT2D eigenvalue weighted by Gasteiger charge is 2.20. The van der Waals surface area contributed by atoms with Gasteiger partial charge in [0.25, 0.3) is 5.91 Å². The molecule has 5 N–H and O–H groups in total. The van der Waals surface area contributed by atoms with Crippen LogP contribution in [-0.4, -0.2) is 38.9 Å². The number of nitrogens with two attached hydrogens (primary N) is 2. The molecule has 0 saturated carbocycles. The smallest absolute Gasteiger partial charge is 0.251 e. The number of anilines is 1. The third-order valence-corrected chi connectivity index (χ3v) is 6.63. The van der Waals surface area contributed by atoms with E-state index in [2.05, 4.69) is 15.5 Å². The molecule has 2 aromatic heterocycles. The number of thiophene rings is 1. The van der Waals surface area contributed by atoms with Crippen molar-refractivity contribution in [1.82, 2.24) is 10.2 Å². The van der Waals surface area contributed by atoms with E-state index < -0.39 is 17.1 Å². The topological polar surface area (TPSA) is 141 Å². The van der Waals surface area contributed by atoms with Crippen LogP contribution in [0.3, 0.4) is 0 Å². The van der Waals surface area contributed by atoms with Gasteiger partial charge in [-0.25, -0.2) is 0 Å². The molecule has 12 heteroatoms. The van der Waals surface area contributed by atoms with E-state index in [0.717, 1.165) is 0 Å². The van der Waals surface area contributed by atoms with Crippen LogP contribution < -0.4 is 16.8 Å². The van der Waals surface area contributed by atoms with E-state index in [9.17, 15) is 14.4 Å². The molecule has 24 heavy (non-hydrogen) atoms. The molecule has 0 fully saturated rings. The molecule has 2 heterocycles. The highest BCUT2D eigenvalue weighted by molar-refractivity contribution is 8.04. The highest BCUT2D eigenvalue weighted by Crippen LogP contribution is 2.32. The van der Waals surface area contributed by atoms with Crippen molar-refractivity contribution in [2.75, 3.05) is 11.1 Å². The molecule has 0 saturated heterocycles. The molecule has 128 valence electrons. The van der Waals surface area contributed by atoms with Gasteiger partial charge in [-0.2, -0.15) is 0 Å². The Kier molecular flexibility index (Phi) is 6.60. The molecule has 2 aromatic rings. The van der Waals surface area contributed by atoms with Crippen molar-refractivity contribution >= 4 is 68.9 Å². The summed E-state index contributed by atoms with van der Waals surface area (Å²) in [5, 5.41) is 12.2. The maximum absolute atomic E-state index is 12.2. The summed E-state index contributed by atoms with van der Waals surface area (Å²) in [4.78, 5) is 34.2. The Morgan fingerprint density at radius 1 is 1.29 bits per heavy atom. The fourth-order valence-electron chi connectivity index (χ4n) is 1.45. The lowest BCUT2D eigenvalue weighted by atomic mass is 10.3. The first-order chi connectivity index (χ1) is 11.4. The Morgan fingerprint density at radius 2 is 2.00 bits per heavy atom. The highest BCUT2D eigenvalue weighted by atomic mass is 32.2. The standard InChI is InChI=1S/C12H13N5O3S4/c1-5(9(20)15-10-6(8(14)19)2-3-21-10)23-12-17-16-11(24-12)22-4-7(13)18/h2-3,5H,4H2,1H3,(H2,13,18)(H2,14,19)(H,15,20). The van der Waals surface area contributed by atoms with E-state index in [4.69, 9.17) is 11.5 Å². The van der Waals surface area contributed by atoms with Gasteiger partial charge >= 0.3 is 0 Å². The monoisotopic (exact) mass is 403 g/mol. The third kappa shape index (κ3) is 5.19. The van der Waals surface area contributed by atoms with Crippen molar-refractivity contribution < 1.29 is 14.4 Å². The summed E-state index contributed by atoms with van der Waals surface area (Å²) in [6, 6.07) is 1.56. The van der Waals surface area contributed by atoms with Gasteiger partial charge in [-0.15, -0.1) is 21.5 Å². The van der Waals surface area contributed by atoms with Crippen LogP contribution in [0.5, 0.6) is 0 Å². The summed E-state index contributed by atoms with van der Waals surface area (Å²) in [5.74, 6) is -1.17. The van der Waals surface area contributed by atoms with Gasteiger partial charge in [-0.05, 0) is 18.4 Å². The first-order valence-electron chi connectivity index (χ1n) is 6.46. The molecule has 1 atom stereocenters. The normalized spacial score (nSPS) is 11.9. The molecule has 1 unspecified atom stereocenters. The minimum atomic E-state index is -0.591. The van der Waals surface area contributed by atoms with Gasteiger partial charge in [0.2, 0.25) is 11.8 Å². The average Bonchev–Trinajstić information content (AvgIpc) is 3.14. The van der Waals surface area contributed by atoms with Crippen LogP contribution in [0.4, 0.5) is 5.00 Å². The SMILES string of the molecule is CC(Sc1nnc(SCC(N)=O)s1)C(=O)Nc1sccc1C(N)=O. The second-order valence-corrected chi connectivity index (χ2v) is 9.07. The first kappa shape index (κ1) is 18.7. The summed E-state index contributed by atoms with van der Waals surface area (Å²) in [6.45, 7) is 1.72. The quantitative estimate of drug-likeness (QED) is 0.566. The Bertz CT molecular complexity index is 759. The number of nitrogens with one attached hydrogen (secondary N) is 1. The lowest BCUT2D eigenvalue weighted by molar-refractivity contribution is -0.116. The number of aromatic nitrogens is 2. The number of hydrogen-bond donors (Lipinski definition) is 3. The van der Waals surface area contributed by atoms with E-state index >= 15 is 0 Å². The van der Waals surface area contributed by atoms with Crippen molar-refractivity contribution in [3.8, 4) is 0 Å². The lowest BCUT2D eigenvalue weighted by Gasteiger charge is -2.09. The van der Waals surface area contributed by atoms with Crippen LogP contribution in [-0.2, 0) is 9.59 Å². The second-order valence-electron chi connectivity index (χ2n) is 4.37. The Balaban J connectivity index is 1.93. The molecule has 0 bridgehead atoms. The van der Waals surface area contributed by atoms with Gasteiger partial charge in [-0.1, -0.05) is 34.9 Å². The van der Waals surface area contributed by atoms with Crippen molar-refractivity contribution in [2.24, 2.45) is 11.5 Å². The molecule has 0 aromatic carbocycles. The molecule has 3 amide bonds. The van der Waals surface area contributed by atoms with Crippen molar-refractivity contribution in [3.63, 3.8) is 0 Å². The van der Waals surface area contributed by atoms with E-state index in [-0.39, 0.29) is 17.2 Å². The zero-order valence-corrected chi connectivity index (χ0v) is 15.6. The maximum Gasteiger partial charge on any atom is 0.251 e. The molecule has 0 aliphatic heterocycles. The van der Waals surface area contributed by atoms with Crippen LogP contribution >= 0.6 is 46.2 Å². The summed E-state index contributed by atoms with van der Waals surface area (Å²) in [5.41, 5.74) is 10.6. The van der Waals surface area contributed by atoms with Crippen molar-refractivity contribution in [2.45, 2.75) is 20.9 Å². The summed E-state index contributed by atoms with van der Waals surface area (Å²) >= 11 is 4.95. The molecular formula is C12H13N5O3S4. The van der Waals surface area contributed by atoms with Gasteiger partial charge in [0.15, 0.2) is 8.68 Å². The predicted molar refractivity (Wildman–Crippen MR) is 96.6 cm³/mol. The number of thioether (sulfide) groups is 2. The molecule has 0 aliphatic carbocycles. The Hall–Kier alpha value is -1.63. The summed E-state index contributed by atoms with van der Waals surface area (Å²) < 4.78 is 1.21.